The topological polar surface area (TPSA) is 81.1 Å². The fourth-order valence-electron chi connectivity index (χ4n) is 4.04. The number of amides is 1. The Hall–Kier alpha value is -3.85. The van der Waals surface area contributed by atoms with E-state index < -0.39 is 11.3 Å². The van der Waals surface area contributed by atoms with Crippen LogP contribution in [0.4, 0.5) is 10.1 Å². The molecule has 0 fully saturated rings. The highest BCUT2D eigenvalue weighted by Crippen LogP contribution is 2.38. The molecule has 2 atom stereocenters. The van der Waals surface area contributed by atoms with E-state index in [1.54, 1.807) is 16.8 Å². The molecule has 1 aliphatic heterocycles. The van der Waals surface area contributed by atoms with Gasteiger partial charge in [-0.05, 0) is 66.9 Å². The molecule has 0 aliphatic carbocycles. The molecule has 2 heterocycles. The number of benzene rings is 3. The van der Waals surface area contributed by atoms with Crippen LogP contribution in [-0.4, -0.2) is 26.0 Å². The van der Waals surface area contributed by atoms with E-state index in [0.717, 1.165) is 22.4 Å². The first-order chi connectivity index (χ1) is 17.0. The first-order valence-electron chi connectivity index (χ1n) is 11.2. The summed E-state index contributed by atoms with van der Waals surface area (Å²) in [5.74, 6) is 0.763. The Bertz CT molecular complexity index is 1320. The smallest absolute Gasteiger partial charge is 0.240 e. The molecule has 5 rings (SSSR count). The zero-order valence-corrected chi connectivity index (χ0v) is 20.1. The van der Waals surface area contributed by atoms with Crippen molar-refractivity contribution in [2.45, 2.75) is 36.9 Å². The summed E-state index contributed by atoms with van der Waals surface area (Å²) in [6.45, 7) is 4.17. The standard InChI is InChI=1S/C26H24FN5O2S/c1-16-12-17(2)14-20(13-16)28-25(33)24-23(18-8-10-19(27)11-9-18)31-32-22(29-30-26(32)35-24)15-34-21-6-4-3-5-7-21/h3-14,23-24,31H,15H2,1-2H3,(H,28,33)/t23-,24+/m1/s1. The predicted molar refractivity (Wildman–Crippen MR) is 133 cm³/mol. The number of hydrogen-bond donors (Lipinski definition) is 2. The number of ether oxygens (including phenoxy) is 1. The van der Waals surface area contributed by atoms with Crippen molar-refractivity contribution < 1.29 is 13.9 Å². The van der Waals surface area contributed by atoms with Crippen LogP contribution in [0, 0.1) is 19.7 Å². The first kappa shape index (κ1) is 22.9. The molecule has 1 aliphatic rings. The summed E-state index contributed by atoms with van der Waals surface area (Å²) >= 11 is 1.31. The third-order valence-corrected chi connectivity index (χ3v) is 6.81. The minimum absolute atomic E-state index is 0.182. The van der Waals surface area contributed by atoms with Crippen molar-refractivity contribution in [3.8, 4) is 5.75 Å². The van der Waals surface area contributed by atoms with E-state index in [0.29, 0.717) is 16.7 Å². The average molecular weight is 490 g/mol. The Morgan fingerprint density at radius 3 is 2.49 bits per heavy atom. The van der Waals surface area contributed by atoms with Crippen molar-refractivity contribution in [3.63, 3.8) is 0 Å². The molecule has 0 bridgehead atoms. The van der Waals surface area contributed by atoms with Gasteiger partial charge in [-0.25, -0.2) is 9.07 Å². The number of hydrogen-bond acceptors (Lipinski definition) is 6. The van der Waals surface area contributed by atoms with Gasteiger partial charge in [0, 0.05) is 5.69 Å². The quantitative estimate of drug-likeness (QED) is 0.396. The molecular formula is C26H24FN5O2S. The van der Waals surface area contributed by atoms with Gasteiger partial charge >= 0.3 is 0 Å². The maximum atomic E-state index is 13.6. The van der Waals surface area contributed by atoms with Crippen LogP contribution in [0.25, 0.3) is 0 Å². The number of nitrogens with zero attached hydrogens (tertiary/aromatic N) is 3. The molecule has 1 amide bonds. The van der Waals surface area contributed by atoms with E-state index >= 15 is 0 Å². The molecule has 0 radical (unpaired) electrons. The Kier molecular flexibility index (Phi) is 6.41. The van der Waals surface area contributed by atoms with Crippen LogP contribution in [-0.2, 0) is 11.4 Å². The monoisotopic (exact) mass is 489 g/mol. The van der Waals surface area contributed by atoms with Gasteiger partial charge in [0.05, 0.1) is 6.04 Å². The molecular weight excluding hydrogens is 465 g/mol. The third kappa shape index (κ3) is 5.14. The number of anilines is 1. The molecule has 0 spiro atoms. The van der Waals surface area contributed by atoms with Gasteiger partial charge in [0.1, 0.15) is 23.4 Å². The zero-order chi connectivity index (χ0) is 24.4. The molecule has 9 heteroatoms. The van der Waals surface area contributed by atoms with Gasteiger partial charge in [0.15, 0.2) is 5.82 Å². The number of thioether (sulfide) groups is 1. The van der Waals surface area contributed by atoms with Crippen LogP contribution in [0.2, 0.25) is 0 Å². The highest BCUT2D eigenvalue weighted by atomic mass is 32.2. The Morgan fingerprint density at radius 1 is 1.06 bits per heavy atom. The number of aromatic nitrogens is 3. The van der Waals surface area contributed by atoms with Gasteiger partial charge < -0.3 is 15.5 Å². The number of halogens is 1. The van der Waals surface area contributed by atoms with Gasteiger partial charge in [-0.2, -0.15) is 0 Å². The summed E-state index contributed by atoms with van der Waals surface area (Å²) in [5.41, 5.74) is 6.99. The van der Waals surface area contributed by atoms with Crippen molar-refractivity contribution >= 4 is 23.4 Å². The van der Waals surface area contributed by atoms with E-state index in [-0.39, 0.29) is 18.3 Å². The van der Waals surface area contributed by atoms with Gasteiger partial charge in [-0.1, -0.05) is 48.2 Å². The fraction of sp³-hybridized carbons (Fsp3) is 0.192. The second kappa shape index (κ2) is 9.79. The molecule has 1 aromatic heterocycles. The van der Waals surface area contributed by atoms with Crippen molar-refractivity contribution in [3.05, 3.63) is 101 Å². The molecule has 35 heavy (non-hydrogen) atoms. The van der Waals surface area contributed by atoms with Crippen LogP contribution >= 0.6 is 11.8 Å². The van der Waals surface area contributed by atoms with Gasteiger partial charge in [-0.15, -0.1) is 10.2 Å². The number of nitrogens with one attached hydrogen (secondary N) is 2. The summed E-state index contributed by atoms with van der Waals surface area (Å²) in [6, 6.07) is 21.0. The van der Waals surface area contributed by atoms with Crippen molar-refractivity contribution in [1.29, 1.82) is 0 Å². The number of carbonyl (C=O) groups is 1. The van der Waals surface area contributed by atoms with Crippen LogP contribution in [0.3, 0.4) is 0 Å². The summed E-state index contributed by atoms with van der Waals surface area (Å²) in [5, 5.41) is 11.6. The lowest BCUT2D eigenvalue weighted by Gasteiger charge is -2.33. The van der Waals surface area contributed by atoms with E-state index in [2.05, 4.69) is 27.0 Å². The zero-order valence-electron chi connectivity index (χ0n) is 19.2. The number of carbonyl (C=O) groups excluding carboxylic acids is 1. The second-order valence-corrected chi connectivity index (χ2v) is 9.51. The number of fused-ring (bicyclic) bond motifs is 1. The molecule has 4 aromatic rings. The fourth-order valence-corrected chi connectivity index (χ4v) is 5.14. The average Bonchev–Trinajstić information content (AvgIpc) is 3.24. The normalized spacial score (nSPS) is 16.8. The largest absolute Gasteiger partial charge is 0.486 e. The first-order valence-corrected chi connectivity index (χ1v) is 12.0. The van der Waals surface area contributed by atoms with Crippen molar-refractivity contribution in [2.24, 2.45) is 0 Å². The lowest BCUT2D eigenvalue weighted by Crippen LogP contribution is -2.41. The van der Waals surface area contributed by atoms with Crippen LogP contribution < -0.4 is 15.5 Å². The van der Waals surface area contributed by atoms with Crippen molar-refractivity contribution in [2.75, 3.05) is 10.7 Å². The number of para-hydroxylation sites is 1. The Balaban J connectivity index is 1.42. The molecule has 0 unspecified atom stereocenters. The lowest BCUT2D eigenvalue weighted by molar-refractivity contribution is -0.116. The van der Waals surface area contributed by atoms with Gasteiger partial charge in [0.2, 0.25) is 11.1 Å². The molecule has 2 N–H and O–H groups in total. The minimum atomic E-state index is -0.569. The van der Waals surface area contributed by atoms with Crippen LogP contribution in [0.1, 0.15) is 28.6 Å². The SMILES string of the molecule is Cc1cc(C)cc(NC(=O)[C@H]2Sc3nnc(COc4ccccc4)n3N[C@@H]2c2ccc(F)cc2)c1. The summed E-state index contributed by atoms with van der Waals surface area (Å²) in [4.78, 5) is 13.4. The number of rotatable bonds is 6. The van der Waals surface area contributed by atoms with Crippen LogP contribution in [0.15, 0.2) is 78.0 Å². The summed E-state index contributed by atoms with van der Waals surface area (Å²) < 4.78 is 21.2. The van der Waals surface area contributed by atoms with E-state index in [4.69, 9.17) is 4.74 Å². The Morgan fingerprint density at radius 2 is 1.77 bits per heavy atom. The molecule has 3 aromatic carbocycles. The second-order valence-electron chi connectivity index (χ2n) is 8.40. The van der Waals surface area contributed by atoms with E-state index in [9.17, 15) is 9.18 Å². The van der Waals surface area contributed by atoms with Crippen LogP contribution in [0.5, 0.6) is 5.75 Å². The maximum absolute atomic E-state index is 13.6. The maximum Gasteiger partial charge on any atom is 0.240 e. The molecule has 178 valence electrons. The highest BCUT2D eigenvalue weighted by molar-refractivity contribution is 8.00. The van der Waals surface area contributed by atoms with E-state index in [1.807, 2.05) is 56.3 Å². The van der Waals surface area contributed by atoms with E-state index in [1.165, 1.54) is 23.9 Å². The molecule has 0 saturated carbocycles. The Labute approximate surface area is 206 Å². The van der Waals surface area contributed by atoms with Gasteiger partial charge in [-0.3, -0.25) is 4.79 Å². The predicted octanol–water partition coefficient (Wildman–Crippen LogP) is 5.01. The lowest BCUT2D eigenvalue weighted by atomic mass is 10.0. The molecule has 0 saturated heterocycles. The molecule has 7 nitrogen and oxygen atoms in total. The van der Waals surface area contributed by atoms with Gasteiger partial charge in [0.25, 0.3) is 0 Å². The van der Waals surface area contributed by atoms with Crippen molar-refractivity contribution in [1.82, 2.24) is 14.9 Å². The summed E-state index contributed by atoms with van der Waals surface area (Å²) in [6.07, 6.45) is 0. The minimum Gasteiger partial charge on any atom is -0.486 e. The highest BCUT2D eigenvalue weighted by Gasteiger charge is 2.38. The summed E-state index contributed by atoms with van der Waals surface area (Å²) in [7, 11) is 0. The third-order valence-electron chi connectivity index (χ3n) is 5.59. The number of aryl methyl sites for hydroxylation is 2.